The molecule has 3 rings (SSSR count). The van der Waals surface area contributed by atoms with Crippen LogP contribution in [-0.2, 0) is 6.54 Å². The monoisotopic (exact) mass is 472 g/mol. The summed E-state index contributed by atoms with van der Waals surface area (Å²) in [5, 5.41) is 4.46. The zero-order chi connectivity index (χ0) is 24.9. The van der Waals surface area contributed by atoms with Crippen LogP contribution in [0.15, 0.2) is 72.0 Å². The first-order valence-electron chi connectivity index (χ1n) is 10.4. The smallest absolute Gasteiger partial charge is 0.350 e. The van der Waals surface area contributed by atoms with Crippen LogP contribution in [0, 0.1) is 0 Å². The van der Waals surface area contributed by atoms with Crippen LogP contribution in [0.4, 0.5) is 13.2 Å². The highest BCUT2D eigenvalue weighted by molar-refractivity contribution is 5.99. The summed E-state index contributed by atoms with van der Waals surface area (Å²) in [4.78, 5) is 42.2. The van der Waals surface area contributed by atoms with E-state index >= 15 is 0 Å². The van der Waals surface area contributed by atoms with Crippen LogP contribution in [0.5, 0.6) is 0 Å². The maximum atomic E-state index is 13.7. The Labute approximate surface area is 193 Å². The van der Waals surface area contributed by atoms with E-state index in [9.17, 15) is 27.6 Å². The standard InChI is InChI=1S/C24H23F3N4O3/c1-15(2)29-22(33)18-13-31(12-16-7-4-3-5-8-16)14-19(20(18)32)23(34)30-21(24(25,26)27)17-9-6-10-28-11-17/h3-11,13-15,21H,12H2,1-2H3,(H,29,33)(H,30,34)/t21-/m1/s1. The lowest BCUT2D eigenvalue weighted by Gasteiger charge is -2.22. The molecule has 1 atom stereocenters. The van der Waals surface area contributed by atoms with E-state index in [0.717, 1.165) is 18.0 Å². The molecule has 2 aromatic heterocycles. The van der Waals surface area contributed by atoms with Gasteiger partial charge in [0.2, 0.25) is 5.43 Å². The zero-order valence-electron chi connectivity index (χ0n) is 18.5. The first-order chi connectivity index (χ1) is 16.1. The maximum absolute atomic E-state index is 13.7. The lowest BCUT2D eigenvalue weighted by molar-refractivity contribution is -0.155. The molecule has 2 amide bonds. The van der Waals surface area contributed by atoms with Crippen molar-refractivity contribution in [2.24, 2.45) is 0 Å². The van der Waals surface area contributed by atoms with Crippen molar-refractivity contribution in [3.63, 3.8) is 0 Å². The van der Waals surface area contributed by atoms with Gasteiger partial charge in [0.25, 0.3) is 11.8 Å². The SMILES string of the molecule is CC(C)NC(=O)c1cn(Cc2ccccc2)cc(C(=O)N[C@H](c2cccnc2)C(F)(F)F)c1=O. The Bertz CT molecular complexity index is 1210. The first-order valence-corrected chi connectivity index (χ1v) is 10.4. The van der Waals surface area contributed by atoms with E-state index in [1.54, 1.807) is 38.1 Å². The van der Waals surface area contributed by atoms with Gasteiger partial charge < -0.3 is 15.2 Å². The number of amides is 2. The van der Waals surface area contributed by atoms with Gasteiger partial charge in [-0.05, 0) is 25.5 Å². The minimum Gasteiger partial charge on any atom is -0.350 e. The molecule has 0 unspecified atom stereocenters. The molecule has 7 nitrogen and oxygen atoms in total. The summed E-state index contributed by atoms with van der Waals surface area (Å²) >= 11 is 0. The molecule has 178 valence electrons. The Morgan fingerprint density at radius 2 is 1.59 bits per heavy atom. The van der Waals surface area contributed by atoms with E-state index in [-0.39, 0.29) is 23.7 Å². The number of carbonyl (C=O) groups is 2. The number of halogens is 3. The summed E-state index contributed by atoms with van der Waals surface area (Å²) in [7, 11) is 0. The fourth-order valence-corrected chi connectivity index (χ4v) is 3.29. The van der Waals surface area contributed by atoms with Gasteiger partial charge in [0.1, 0.15) is 11.1 Å². The molecule has 0 radical (unpaired) electrons. The van der Waals surface area contributed by atoms with Crippen LogP contribution in [-0.4, -0.2) is 33.6 Å². The zero-order valence-corrected chi connectivity index (χ0v) is 18.5. The van der Waals surface area contributed by atoms with Crippen LogP contribution < -0.4 is 16.1 Å². The number of nitrogens with zero attached hydrogens (tertiary/aromatic N) is 2. The molecule has 0 aliphatic carbocycles. The summed E-state index contributed by atoms with van der Waals surface area (Å²) in [5.74, 6) is -1.98. The maximum Gasteiger partial charge on any atom is 0.412 e. The van der Waals surface area contributed by atoms with E-state index in [1.807, 2.05) is 11.4 Å². The molecule has 0 aliphatic rings. The average molecular weight is 472 g/mol. The van der Waals surface area contributed by atoms with Gasteiger partial charge in [0, 0.05) is 42.9 Å². The summed E-state index contributed by atoms with van der Waals surface area (Å²) in [6, 6.07) is 8.79. The predicted molar refractivity (Wildman–Crippen MR) is 119 cm³/mol. The number of carbonyl (C=O) groups excluding carboxylic acids is 2. The van der Waals surface area contributed by atoms with E-state index in [1.165, 1.54) is 29.1 Å². The second kappa shape index (κ2) is 10.3. The first kappa shape index (κ1) is 24.7. The van der Waals surface area contributed by atoms with Gasteiger partial charge in [-0.1, -0.05) is 36.4 Å². The van der Waals surface area contributed by atoms with Gasteiger partial charge in [-0.2, -0.15) is 13.2 Å². The molecule has 0 bridgehead atoms. The number of alkyl halides is 3. The van der Waals surface area contributed by atoms with Gasteiger partial charge >= 0.3 is 6.18 Å². The average Bonchev–Trinajstić information content (AvgIpc) is 2.78. The second-order valence-electron chi connectivity index (χ2n) is 7.94. The summed E-state index contributed by atoms with van der Waals surface area (Å²) < 4.78 is 42.6. The van der Waals surface area contributed by atoms with Gasteiger partial charge in [-0.15, -0.1) is 0 Å². The molecule has 0 fully saturated rings. The Kier molecular flexibility index (Phi) is 7.50. The minimum absolute atomic E-state index is 0.189. The summed E-state index contributed by atoms with van der Waals surface area (Å²) in [5.41, 5.74) is -1.38. The van der Waals surface area contributed by atoms with Gasteiger partial charge in [-0.3, -0.25) is 19.4 Å². The topological polar surface area (TPSA) is 93.1 Å². The van der Waals surface area contributed by atoms with Gasteiger partial charge in [0.05, 0.1) is 0 Å². The molecule has 0 aliphatic heterocycles. The van der Waals surface area contributed by atoms with E-state index in [4.69, 9.17) is 0 Å². The minimum atomic E-state index is -4.84. The van der Waals surface area contributed by atoms with Crippen molar-refractivity contribution in [3.8, 4) is 0 Å². The molecule has 2 heterocycles. The van der Waals surface area contributed by atoms with Crippen molar-refractivity contribution in [1.29, 1.82) is 0 Å². The van der Waals surface area contributed by atoms with Crippen molar-refractivity contribution < 1.29 is 22.8 Å². The molecule has 0 saturated heterocycles. The Morgan fingerprint density at radius 3 is 2.12 bits per heavy atom. The summed E-state index contributed by atoms with van der Waals surface area (Å²) in [6.07, 6.45) is -0.121. The third kappa shape index (κ3) is 6.09. The lowest BCUT2D eigenvalue weighted by Crippen LogP contribution is -2.41. The third-order valence-electron chi connectivity index (χ3n) is 4.82. The molecule has 1 aromatic carbocycles. The van der Waals surface area contributed by atoms with Crippen LogP contribution in [0.1, 0.15) is 51.7 Å². The Morgan fingerprint density at radius 1 is 0.971 bits per heavy atom. The molecular formula is C24H23F3N4O3. The highest BCUT2D eigenvalue weighted by atomic mass is 19.4. The molecule has 0 saturated carbocycles. The number of hydrogen-bond donors (Lipinski definition) is 2. The van der Waals surface area contributed by atoms with Crippen LogP contribution in [0.2, 0.25) is 0 Å². The third-order valence-corrected chi connectivity index (χ3v) is 4.82. The van der Waals surface area contributed by atoms with Crippen molar-refractivity contribution in [2.75, 3.05) is 0 Å². The summed E-state index contributed by atoms with van der Waals surface area (Å²) in [6.45, 7) is 3.58. The van der Waals surface area contributed by atoms with Crippen LogP contribution in [0.3, 0.4) is 0 Å². The number of aromatic nitrogens is 2. The molecule has 0 spiro atoms. The quantitative estimate of drug-likeness (QED) is 0.551. The van der Waals surface area contributed by atoms with E-state index < -0.39 is 35.0 Å². The number of hydrogen-bond acceptors (Lipinski definition) is 4. The fraction of sp³-hybridized carbons (Fsp3) is 0.250. The highest BCUT2D eigenvalue weighted by Crippen LogP contribution is 2.32. The number of rotatable bonds is 7. The van der Waals surface area contributed by atoms with E-state index in [0.29, 0.717) is 0 Å². The van der Waals surface area contributed by atoms with Gasteiger partial charge in [0.15, 0.2) is 6.04 Å². The molecule has 2 N–H and O–H groups in total. The number of benzene rings is 1. The molecular weight excluding hydrogens is 449 g/mol. The van der Waals surface area contributed by atoms with Crippen LogP contribution >= 0.6 is 0 Å². The van der Waals surface area contributed by atoms with Gasteiger partial charge in [-0.25, -0.2) is 0 Å². The lowest BCUT2D eigenvalue weighted by atomic mass is 10.1. The number of nitrogens with one attached hydrogen (secondary N) is 2. The Hall–Kier alpha value is -3.95. The van der Waals surface area contributed by atoms with Crippen LogP contribution in [0.25, 0.3) is 0 Å². The fourth-order valence-electron chi connectivity index (χ4n) is 3.29. The van der Waals surface area contributed by atoms with Crippen molar-refractivity contribution in [3.05, 3.63) is 99.7 Å². The largest absolute Gasteiger partial charge is 0.412 e. The Balaban J connectivity index is 2.04. The van der Waals surface area contributed by atoms with Crippen molar-refractivity contribution in [1.82, 2.24) is 20.2 Å². The molecule has 34 heavy (non-hydrogen) atoms. The second-order valence-corrected chi connectivity index (χ2v) is 7.94. The molecule has 10 heteroatoms. The van der Waals surface area contributed by atoms with E-state index in [2.05, 4.69) is 10.3 Å². The van der Waals surface area contributed by atoms with Crippen molar-refractivity contribution in [2.45, 2.75) is 38.7 Å². The predicted octanol–water partition coefficient (Wildman–Crippen LogP) is 3.46. The molecule has 3 aromatic rings. The highest BCUT2D eigenvalue weighted by Gasteiger charge is 2.42. The normalized spacial score (nSPS) is 12.3. The number of pyridine rings is 2. The van der Waals surface area contributed by atoms with Crippen molar-refractivity contribution >= 4 is 11.8 Å².